The van der Waals surface area contributed by atoms with Gasteiger partial charge in [0.2, 0.25) is 0 Å². The Balaban J connectivity index is 1.97. The van der Waals surface area contributed by atoms with Crippen molar-refractivity contribution < 1.29 is 13.3 Å². The minimum atomic E-state index is -4.11. The normalized spacial score (nSPS) is 11.8. The fourth-order valence-corrected chi connectivity index (χ4v) is 3.62. The van der Waals surface area contributed by atoms with Crippen LogP contribution in [0.3, 0.4) is 0 Å². The second kappa shape index (κ2) is 7.19. The van der Waals surface area contributed by atoms with Gasteiger partial charge in [0.25, 0.3) is 15.7 Å². The monoisotopic (exact) mass is 401 g/mol. The van der Waals surface area contributed by atoms with Gasteiger partial charge in [0, 0.05) is 12.1 Å². The average molecular weight is 401 g/mol. The van der Waals surface area contributed by atoms with E-state index in [0.29, 0.717) is 4.09 Å². The molecule has 3 aromatic rings. The molecule has 0 saturated heterocycles. The zero-order chi connectivity index (χ0) is 20.5. The van der Waals surface area contributed by atoms with Crippen LogP contribution >= 0.6 is 0 Å². The van der Waals surface area contributed by atoms with E-state index in [1.54, 1.807) is 12.1 Å². The van der Waals surface area contributed by atoms with Crippen LogP contribution in [0, 0.1) is 24.0 Å². The van der Waals surface area contributed by atoms with E-state index < -0.39 is 20.5 Å². The third-order valence-electron chi connectivity index (χ3n) is 3.90. The average Bonchev–Trinajstić information content (AvgIpc) is 2.95. The molecule has 0 saturated carbocycles. The van der Waals surface area contributed by atoms with Crippen LogP contribution in [0.1, 0.15) is 11.3 Å². The molecule has 1 N–H and O–H groups in total. The number of H-pyrrole nitrogens is 1. The van der Waals surface area contributed by atoms with Crippen molar-refractivity contribution in [3.05, 3.63) is 80.3 Å². The molecule has 28 heavy (non-hydrogen) atoms. The number of hydrogen-bond donors (Lipinski definition) is 1. The van der Waals surface area contributed by atoms with Crippen LogP contribution in [0.5, 0.6) is 0 Å². The molecule has 0 fully saturated rings. The summed E-state index contributed by atoms with van der Waals surface area (Å²) in [7, 11) is -4.11. The summed E-state index contributed by atoms with van der Waals surface area (Å²) >= 11 is 0. The summed E-state index contributed by atoms with van der Waals surface area (Å²) in [5.41, 5.74) is 0.220. The molecule has 0 aliphatic heterocycles. The number of nitro groups is 1. The van der Waals surface area contributed by atoms with Crippen LogP contribution in [0.15, 0.2) is 68.4 Å². The fourth-order valence-electron chi connectivity index (χ4n) is 2.36. The van der Waals surface area contributed by atoms with Crippen molar-refractivity contribution in [3.8, 4) is 0 Å². The van der Waals surface area contributed by atoms with Crippen molar-refractivity contribution in [2.45, 2.75) is 18.7 Å². The Kier molecular flexibility index (Phi) is 4.92. The van der Waals surface area contributed by atoms with Crippen LogP contribution < -0.4 is 5.56 Å². The van der Waals surface area contributed by atoms with E-state index >= 15 is 0 Å². The van der Waals surface area contributed by atoms with Gasteiger partial charge in [-0.3, -0.25) is 20.0 Å². The number of rotatable bonds is 5. The van der Waals surface area contributed by atoms with E-state index in [0.717, 1.165) is 5.56 Å². The number of nitro benzene ring substituents is 1. The summed E-state index contributed by atoms with van der Waals surface area (Å²) in [6, 6.07) is 11.3. The Morgan fingerprint density at radius 1 is 1.00 bits per heavy atom. The maximum Gasteiger partial charge on any atom is 0.309 e. The molecule has 0 spiro atoms. The van der Waals surface area contributed by atoms with Crippen LogP contribution in [-0.2, 0) is 10.0 Å². The molecule has 10 nitrogen and oxygen atoms in total. The minimum absolute atomic E-state index is 0.0414. The van der Waals surface area contributed by atoms with Crippen LogP contribution in [0.25, 0.3) is 0 Å². The summed E-state index contributed by atoms with van der Waals surface area (Å²) in [5, 5.41) is 20.8. The van der Waals surface area contributed by atoms with Crippen molar-refractivity contribution in [1.82, 2.24) is 9.19 Å². The first-order chi connectivity index (χ1) is 13.2. The number of aryl methyl sites for hydroxylation is 2. The highest BCUT2D eigenvalue weighted by Gasteiger charge is 2.23. The lowest BCUT2D eigenvalue weighted by atomic mass is 10.2. The highest BCUT2D eigenvalue weighted by molar-refractivity contribution is 7.89. The standard InChI is InChI=1S/C17H15N5O5S/c1-11-3-9-15(10-4-11)28(26,27)21-17(23)16(12(2)20-21)19-18-13-5-7-14(8-6-13)22(24)25/h3-10,20H,1-2H3. The predicted molar refractivity (Wildman–Crippen MR) is 101 cm³/mol. The van der Waals surface area contributed by atoms with Gasteiger partial charge in [-0.15, -0.1) is 9.20 Å². The van der Waals surface area contributed by atoms with Crippen molar-refractivity contribution in [2.75, 3.05) is 0 Å². The highest BCUT2D eigenvalue weighted by atomic mass is 32.2. The largest absolute Gasteiger partial charge is 0.309 e. The summed E-state index contributed by atoms with van der Waals surface area (Å²) < 4.78 is 25.9. The number of hydrogen-bond acceptors (Lipinski definition) is 7. The summed E-state index contributed by atoms with van der Waals surface area (Å²) in [5.74, 6) is 0. The Bertz CT molecular complexity index is 1220. The number of non-ortho nitro benzene ring substituents is 1. The van der Waals surface area contributed by atoms with Gasteiger partial charge in [-0.25, -0.2) is 0 Å². The first-order valence-electron chi connectivity index (χ1n) is 8.00. The van der Waals surface area contributed by atoms with Gasteiger partial charge < -0.3 is 0 Å². The van der Waals surface area contributed by atoms with Crippen LogP contribution in [-0.4, -0.2) is 22.5 Å². The molecule has 2 aromatic carbocycles. The maximum atomic E-state index is 12.7. The highest BCUT2D eigenvalue weighted by Crippen LogP contribution is 2.22. The van der Waals surface area contributed by atoms with E-state index in [-0.39, 0.29) is 27.7 Å². The molecule has 0 aliphatic rings. The molecule has 0 bridgehead atoms. The van der Waals surface area contributed by atoms with Gasteiger partial charge in [0.05, 0.1) is 21.2 Å². The maximum absolute atomic E-state index is 12.7. The second-order valence-electron chi connectivity index (χ2n) is 5.95. The first kappa shape index (κ1) is 19.2. The topological polar surface area (TPSA) is 140 Å². The summed E-state index contributed by atoms with van der Waals surface area (Å²) in [6.45, 7) is 3.31. The van der Waals surface area contributed by atoms with Gasteiger partial charge in [-0.1, -0.05) is 17.7 Å². The smallest absolute Gasteiger partial charge is 0.283 e. The van der Waals surface area contributed by atoms with Crippen molar-refractivity contribution in [2.24, 2.45) is 10.2 Å². The molecule has 0 unspecified atom stereocenters. The fraction of sp³-hybridized carbons (Fsp3) is 0.118. The molecule has 11 heteroatoms. The Hall–Kier alpha value is -3.60. The van der Waals surface area contributed by atoms with Gasteiger partial charge >= 0.3 is 5.56 Å². The molecular weight excluding hydrogens is 386 g/mol. The van der Waals surface area contributed by atoms with E-state index in [4.69, 9.17) is 0 Å². The van der Waals surface area contributed by atoms with Crippen molar-refractivity contribution in [1.29, 1.82) is 0 Å². The second-order valence-corrected chi connectivity index (χ2v) is 7.73. The van der Waals surface area contributed by atoms with E-state index in [1.807, 2.05) is 6.92 Å². The molecule has 144 valence electrons. The lowest BCUT2D eigenvalue weighted by Crippen LogP contribution is -2.25. The quantitative estimate of drug-likeness (QED) is 0.396. The molecule has 0 amide bonds. The van der Waals surface area contributed by atoms with Crippen LogP contribution in [0.4, 0.5) is 17.1 Å². The van der Waals surface area contributed by atoms with E-state index in [9.17, 15) is 23.3 Å². The summed E-state index contributed by atoms with van der Waals surface area (Å²) in [4.78, 5) is 22.6. The predicted octanol–water partition coefficient (Wildman–Crippen LogP) is 3.35. The van der Waals surface area contributed by atoms with Crippen LogP contribution in [0.2, 0.25) is 0 Å². The number of azo groups is 1. The van der Waals surface area contributed by atoms with Crippen molar-refractivity contribution in [3.63, 3.8) is 0 Å². The van der Waals surface area contributed by atoms with Gasteiger partial charge in [-0.05, 0) is 38.1 Å². The molecule has 1 heterocycles. The number of nitrogens with zero attached hydrogens (tertiary/aromatic N) is 4. The molecule has 1 aromatic heterocycles. The molecule has 0 atom stereocenters. The lowest BCUT2D eigenvalue weighted by molar-refractivity contribution is -0.384. The third-order valence-corrected chi connectivity index (χ3v) is 5.50. The zero-order valence-electron chi connectivity index (χ0n) is 14.9. The molecule has 0 radical (unpaired) electrons. The number of nitrogens with one attached hydrogen (secondary N) is 1. The lowest BCUT2D eigenvalue weighted by Gasteiger charge is -2.04. The molecule has 3 rings (SSSR count). The van der Waals surface area contributed by atoms with Gasteiger partial charge in [0.1, 0.15) is 0 Å². The van der Waals surface area contributed by atoms with E-state index in [2.05, 4.69) is 15.3 Å². The Labute approximate surface area is 159 Å². The van der Waals surface area contributed by atoms with Crippen molar-refractivity contribution >= 4 is 27.1 Å². The summed E-state index contributed by atoms with van der Waals surface area (Å²) in [6.07, 6.45) is 0. The molecular formula is C17H15N5O5S. The number of aromatic amines is 1. The Morgan fingerprint density at radius 3 is 2.18 bits per heavy atom. The van der Waals surface area contributed by atoms with Gasteiger partial charge in [-0.2, -0.15) is 13.5 Å². The molecule has 0 aliphatic carbocycles. The SMILES string of the molecule is Cc1ccc(S(=O)(=O)n2[nH]c(C)c(N=Nc3ccc([N+](=O)[O-])cc3)c2=O)cc1. The zero-order valence-corrected chi connectivity index (χ0v) is 15.7. The third kappa shape index (κ3) is 3.60. The number of benzene rings is 2. The van der Waals surface area contributed by atoms with E-state index in [1.165, 1.54) is 43.3 Å². The Morgan fingerprint density at radius 2 is 1.61 bits per heavy atom. The first-order valence-corrected chi connectivity index (χ1v) is 9.44. The van der Waals surface area contributed by atoms with Gasteiger partial charge in [0.15, 0.2) is 5.69 Å². The minimum Gasteiger partial charge on any atom is -0.283 e. The number of aromatic nitrogens is 2.